The number of aryl methyl sites for hydroxylation is 1. The van der Waals surface area contributed by atoms with Gasteiger partial charge in [0.1, 0.15) is 11.6 Å². The first kappa shape index (κ1) is 15.6. The van der Waals surface area contributed by atoms with Crippen molar-refractivity contribution in [3.8, 4) is 0 Å². The van der Waals surface area contributed by atoms with Crippen LogP contribution in [0.25, 0.3) is 11.1 Å². The first-order chi connectivity index (χ1) is 9.12. The Kier molecular flexibility index (Phi) is 6.49. The van der Waals surface area contributed by atoms with Gasteiger partial charge in [-0.1, -0.05) is 19.4 Å². The Labute approximate surface area is 113 Å². The first-order valence-electron chi connectivity index (χ1n) is 6.57. The predicted molar refractivity (Wildman–Crippen MR) is 76.7 cm³/mol. The van der Waals surface area contributed by atoms with Gasteiger partial charge in [0.15, 0.2) is 5.58 Å². The third-order valence-electron chi connectivity index (χ3n) is 2.63. The van der Waals surface area contributed by atoms with Crippen molar-refractivity contribution in [3.05, 3.63) is 29.7 Å². The van der Waals surface area contributed by atoms with Gasteiger partial charge in [-0.25, -0.2) is 4.98 Å². The summed E-state index contributed by atoms with van der Waals surface area (Å²) in [7, 11) is 0. The van der Waals surface area contributed by atoms with Crippen LogP contribution in [-0.4, -0.2) is 23.2 Å². The van der Waals surface area contributed by atoms with Crippen LogP contribution in [-0.2, 0) is 0 Å². The minimum Gasteiger partial charge on any atom is -0.438 e. The molecule has 19 heavy (non-hydrogen) atoms. The standard InChI is InChI=1S/C10H12N2O2.C4H11N/c1-6-2-3-9-7(4-6)12-10(14-9)8(13)5-11;1-2-3-4-5/h2-4,8,13H,5,11H2,1H3;2-5H2,1H3. The van der Waals surface area contributed by atoms with Gasteiger partial charge in [-0.05, 0) is 37.6 Å². The topological polar surface area (TPSA) is 98.3 Å². The molecule has 106 valence electrons. The molecule has 1 aromatic heterocycles. The lowest BCUT2D eigenvalue weighted by molar-refractivity contribution is 0.154. The second-order valence-electron chi connectivity index (χ2n) is 4.42. The van der Waals surface area contributed by atoms with Crippen LogP contribution in [0.4, 0.5) is 0 Å². The van der Waals surface area contributed by atoms with Crippen LogP contribution in [0.2, 0.25) is 0 Å². The Bertz CT molecular complexity index is 494. The average Bonchev–Trinajstić information content (AvgIpc) is 2.82. The van der Waals surface area contributed by atoms with E-state index in [2.05, 4.69) is 11.9 Å². The summed E-state index contributed by atoms with van der Waals surface area (Å²) >= 11 is 0. The van der Waals surface area contributed by atoms with E-state index in [4.69, 9.17) is 15.9 Å². The van der Waals surface area contributed by atoms with Crippen LogP contribution in [0.15, 0.2) is 22.6 Å². The maximum atomic E-state index is 9.42. The summed E-state index contributed by atoms with van der Waals surface area (Å²) in [5.41, 5.74) is 13.0. The largest absolute Gasteiger partial charge is 0.438 e. The maximum absolute atomic E-state index is 9.42. The van der Waals surface area contributed by atoms with E-state index in [1.165, 1.54) is 12.8 Å². The van der Waals surface area contributed by atoms with Gasteiger partial charge in [0.05, 0.1) is 0 Å². The number of nitrogens with two attached hydrogens (primary N) is 2. The van der Waals surface area contributed by atoms with Crippen molar-refractivity contribution in [3.63, 3.8) is 0 Å². The predicted octanol–water partition coefficient (Wildman–Crippen LogP) is 1.87. The molecule has 5 nitrogen and oxygen atoms in total. The number of hydrogen-bond donors (Lipinski definition) is 3. The number of nitrogens with zero attached hydrogens (tertiary/aromatic N) is 1. The molecular formula is C14H23N3O2. The van der Waals surface area contributed by atoms with Gasteiger partial charge in [0.2, 0.25) is 5.89 Å². The minimum absolute atomic E-state index is 0.117. The lowest BCUT2D eigenvalue weighted by atomic mass is 10.2. The van der Waals surface area contributed by atoms with E-state index in [-0.39, 0.29) is 12.4 Å². The summed E-state index contributed by atoms with van der Waals surface area (Å²) in [5, 5.41) is 9.42. The normalized spacial score (nSPS) is 12.1. The summed E-state index contributed by atoms with van der Waals surface area (Å²) in [6, 6.07) is 5.68. The highest BCUT2D eigenvalue weighted by Crippen LogP contribution is 2.20. The fourth-order valence-electron chi connectivity index (χ4n) is 1.50. The Morgan fingerprint density at radius 3 is 2.63 bits per heavy atom. The molecule has 0 aliphatic heterocycles. The van der Waals surface area contributed by atoms with Gasteiger partial charge in [0.25, 0.3) is 0 Å². The molecule has 0 bridgehead atoms. The number of rotatable bonds is 4. The second-order valence-corrected chi connectivity index (χ2v) is 4.42. The molecule has 1 unspecified atom stereocenters. The number of oxazole rings is 1. The highest BCUT2D eigenvalue weighted by atomic mass is 16.4. The monoisotopic (exact) mass is 265 g/mol. The molecular weight excluding hydrogens is 242 g/mol. The van der Waals surface area contributed by atoms with Crippen molar-refractivity contribution in [1.29, 1.82) is 0 Å². The molecule has 1 atom stereocenters. The Balaban J connectivity index is 0.000000312. The quantitative estimate of drug-likeness (QED) is 0.784. The Hall–Kier alpha value is -1.43. The Morgan fingerprint density at radius 1 is 1.37 bits per heavy atom. The molecule has 5 heteroatoms. The molecule has 2 rings (SSSR count). The number of benzene rings is 1. The molecule has 0 aliphatic rings. The molecule has 1 heterocycles. The van der Waals surface area contributed by atoms with E-state index in [9.17, 15) is 5.11 Å². The van der Waals surface area contributed by atoms with Crippen molar-refractivity contribution in [1.82, 2.24) is 4.98 Å². The summed E-state index contributed by atoms with van der Waals surface area (Å²) in [6.45, 7) is 5.07. The number of hydrogen-bond acceptors (Lipinski definition) is 5. The van der Waals surface area contributed by atoms with E-state index >= 15 is 0 Å². The molecule has 0 amide bonds. The van der Waals surface area contributed by atoms with E-state index in [0.29, 0.717) is 5.58 Å². The molecule has 0 saturated heterocycles. The van der Waals surface area contributed by atoms with Gasteiger partial charge >= 0.3 is 0 Å². The van der Waals surface area contributed by atoms with Gasteiger partial charge in [-0.15, -0.1) is 0 Å². The van der Waals surface area contributed by atoms with Crippen LogP contribution in [0.1, 0.15) is 37.3 Å². The SMILES string of the molecule is CCCCN.Cc1ccc2oc(C(O)CN)nc2c1. The van der Waals surface area contributed by atoms with Crippen LogP contribution >= 0.6 is 0 Å². The Morgan fingerprint density at radius 2 is 2.11 bits per heavy atom. The third kappa shape index (κ3) is 4.63. The minimum atomic E-state index is -0.817. The zero-order valence-corrected chi connectivity index (χ0v) is 11.6. The summed E-state index contributed by atoms with van der Waals surface area (Å²) in [4.78, 5) is 4.15. The molecule has 0 aliphatic carbocycles. The van der Waals surface area contributed by atoms with Crippen molar-refractivity contribution in [2.45, 2.75) is 32.8 Å². The molecule has 0 fully saturated rings. The number of unbranched alkanes of at least 4 members (excludes halogenated alkanes) is 1. The highest BCUT2D eigenvalue weighted by molar-refractivity contribution is 5.73. The van der Waals surface area contributed by atoms with E-state index in [0.717, 1.165) is 17.6 Å². The smallest absolute Gasteiger partial charge is 0.225 e. The molecule has 5 N–H and O–H groups in total. The zero-order valence-electron chi connectivity index (χ0n) is 11.6. The van der Waals surface area contributed by atoms with E-state index in [1.54, 1.807) is 0 Å². The van der Waals surface area contributed by atoms with Crippen LogP contribution < -0.4 is 11.5 Å². The zero-order chi connectivity index (χ0) is 14.3. The molecule has 2 aromatic rings. The third-order valence-corrected chi connectivity index (χ3v) is 2.63. The second kappa shape index (κ2) is 7.89. The molecule has 1 aromatic carbocycles. The number of aliphatic hydroxyl groups is 1. The first-order valence-corrected chi connectivity index (χ1v) is 6.57. The van der Waals surface area contributed by atoms with E-state index in [1.807, 2.05) is 25.1 Å². The van der Waals surface area contributed by atoms with Gasteiger partial charge in [0, 0.05) is 6.54 Å². The highest BCUT2D eigenvalue weighted by Gasteiger charge is 2.13. The fourth-order valence-corrected chi connectivity index (χ4v) is 1.50. The number of aromatic nitrogens is 1. The van der Waals surface area contributed by atoms with Crippen LogP contribution in [0, 0.1) is 6.92 Å². The van der Waals surface area contributed by atoms with Gasteiger partial charge in [-0.2, -0.15) is 0 Å². The van der Waals surface area contributed by atoms with Crippen molar-refractivity contribution in [2.75, 3.05) is 13.1 Å². The maximum Gasteiger partial charge on any atom is 0.225 e. The number of aliphatic hydroxyl groups excluding tert-OH is 1. The van der Waals surface area contributed by atoms with Crippen molar-refractivity contribution >= 4 is 11.1 Å². The molecule has 0 saturated carbocycles. The van der Waals surface area contributed by atoms with Crippen LogP contribution in [0.5, 0.6) is 0 Å². The van der Waals surface area contributed by atoms with Crippen molar-refractivity contribution < 1.29 is 9.52 Å². The molecule has 0 radical (unpaired) electrons. The van der Waals surface area contributed by atoms with Gasteiger partial charge in [-0.3, -0.25) is 0 Å². The van der Waals surface area contributed by atoms with Crippen molar-refractivity contribution in [2.24, 2.45) is 11.5 Å². The summed E-state index contributed by atoms with van der Waals surface area (Å²) in [6.07, 6.45) is 1.57. The lowest BCUT2D eigenvalue weighted by Crippen LogP contribution is -2.11. The van der Waals surface area contributed by atoms with Crippen LogP contribution in [0.3, 0.4) is 0 Å². The average molecular weight is 265 g/mol. The fraction of sp³-hybridized carbons (Fsp3) is 0.500. The summed E-state index contributed by atoms with van der Waals surface area (Å²) < 4.78 is 5.33. The van der Waals surface area contributed by atoms with Gasteiger partial charge < -0.3 is 21.0 Å². The summed E-state index contributed by atoms with van der Waals surface area (Å²) in [5.74, 6) is 0.285. The molecule has 0 spiro atoms. The number of fused-ring (bicyclic) bond motifs is 1. The van der Waals surface area contributed by atoms with E-state index < -0.39 is 6.10 Å². The lowest BCUT2D eigenvalue weighted by Gasteiger charge is -1.99.